The zero-order valence-corrected chi connectivity index (χ0v) is 16.6. The highest BCUT2D eigenvalue weighted by Crippen LogP contribution is 2.32. The highest BCUT2D eigenvalue weighted by molar-refractivity contribution is 5.47. The summed E-state index contributed by atoms with van der Waals surface area (Å²) in [5.41, 5.74) is 2.97. The van der Waals surface area contributed by atoms with Crippen molar-refractivity contribution in [3.05, 3.63) is 96.6 Å². The van der Waals surface area contributed by atoms with E-state index in [1.165, 1.54) is 33.4 Å². The number of aromatic nitrogens is 2. The van der Waals surface area contributed by atoms with Crippen molar-refractivity contribution >= 4 is 0 Å². The summed E-state index contributed by atoms with van der Waals surface area (Å²) in [6.45, 7) is 4.05. The van der Waals surface area contributed by atoms with Crippen molar-refractivity contribution in [3.63, 3.8) is 0 Å². The minimum absolute atomic E-state index is 0.0585. The Morgan fingerprint density at radius 2 is 1.00 bits per heavy atom. The maximum Gasteiger partial charge on any atom is 0.198 e. The Balaban J connectivity index is 1.65. The summed E-state index contributed by atoms with van der Waals surface area (Å²) in [4.78, 5) is 0. The molecule has 0 fully saturated rings. The zero-order valence-electron chi connectivity index (χ0n) is 16.6. The van der Waals surface area contributed by atoms with Crippen LogP contribution in [0, 0.1) is 0 Å². The molecule has 4 aromatic rings. The maximum absolute atomic E-state index is 9.93. The molecule has 158 valence electrons. The van der Waals surface area contributed by atoms with Gasteiger partial charge in [0.2, 0.25) is 0 Å². The summed E-state index contributed by atoms with van der Waals surface area (Å²) in [5.74, 6) is -0.234. The molecule has 0 unspecified atom stereocenters. The van der Waals surface area contributed by atoms with Crippen LogP contribution in [0.2, 0.25) is 0 Å². The van der Waals surface area contributed by atoms with Crippen LogP contribution in [0.4, 0.5) is 0 Å². The highest BCUT2D eigenvalue weighted by atomic mass is 16.5. The van der Waals surface area contributed by atoms with E-state index >= 15 is 0 Å². The Kier molecular flexibility index (Phi) is 5.43. The van der Waals surface area contributed by atoms with E-state index in [0.717, 1.165) is 11.1 Å². The lowest BCUT2D eigenvalue weighted by atomic mass is 10.0. The molecule has 0 saturated carbocycles. The molecule has 0 aliphatic rings. The molecule has 0 radical (unpaired) electrons. The first-order chi connectivity index (χ1) is 15.0. The third-order valence-electron chi connectivity index (χ3n) is 4.97. The minimum Gasteiger partial charge on any atom is -0.494 e. The Morgan fingerprint density at radius 3 is 1.32 bits per heavy atom. The van der Waals surface area contributed by atoms with Crippen LogP contribution >= 0.6 is 0 Å². The van der Waals surface area contributed by atoms with E-state index in [0.29, 0.717) is 18.0 Å². The predicted molar refractivity (Wildman–Crippen MR) is 116 cm³/mol. The second-order valence-corrected chi connectivity index (χ2v) is 6.96. The lowest BCUT2D eigenvalue weighted by Gasteiger charge is -2.19. The molecule has 4 N–H and O–H groups in total. The topological polar surface area (TPSA) is 100 Å². The molecule has 4 rings (SSSR count). The maximum atomic E-state index is 9.93. The second kappa shape index (κ2) is 8.33. The first-order valence-electron chi connectivity index (χ1n) is 9.62. The van der Waals surface area contributed by atoms with E-state index in [1.54, 1.807) is 30.3 Å². The number of hydrogen-bond donors (Lipinski definition) is 4. The zero-order chi connectivity index (χ0) is 22.0. The van der Waals surface area contributed by atoms with Gasteiger partial charge in [0.15, 0.2) is 23.5 Å². The molecule has 0 spiro atoms. The van der Waals surface area contributed by atoms with Gasteiger partial charge in [-0.05, 0) is 35.4 Å². The molecule has 2 aromatic carbocycles. The van der Waals surface area contributed by atoms with E-state index in [2.05, 4.69) is 6.58 Å². The minimum atomic E-state index is -0.389. The fourth-order valence-electron chi connectivity index (χ4n) is 3.51. The van der Waals surface area contributed by atoms with Gasteiger partial charge >= 0.3 is 0 Å². The first-order valence-corrected chi connectivity index (χ1v) is 9.62. The van der Waals surface area contributed by atoms with Crippen molar-refractivity contribution in [2.24, 2.45) is 0 Å². The normalized spacial score (nSPS) is 11.1. The van der Waals surface area contributed by atoms with Crippen molar-refractivity contribution in [2.45, 2.75) is 6.10 Å². The van der Waals surface area contributed by atoms with E-state index < -0.39 is 0 Å². The summed E-state index contributed by atoms with van der Waals surface area (Å²) in [6, 6.07) is 20.2. The van der Waals surface area contributed by atoms with Crippen LogP contribution in [0.1, 0.15) is 17.2 Å². The molecule has 2 aromatic heterocycles. The van der Waals surface area contributed by atoms with Crippen LogP contribution in [-0.4, -0.2) is 36.2 Å². The van der Waals surface area contributed by atoms with Gasteiger partial charge < -0.3 is 25.2 Å². The second-order valence-electron chi connectivity index (χ2n) is 6.96. The van der Waals surface area contributed by atoms with Crippen molar-refractivity contribution in [1.82, 2.24) is 9.13 Å². The first kappa shape index (κ1) is 20.2. The fraction of sp³-hybridized carbons (Fsp3) is 0.0833. The Labute approximate surface area is 179 Å². The number of rotatable bonds is 7. The summed E-state index contributed by atoms with van der Waals surface area (Å²) in [7, 11) is 0. The van der Waals surface area contributed by atoms with Crippen LogP contribution in [0.5, 0.6) is 23.5 Å². The molecule has 0 amide bonds. The standard InChI is InChI=1S/C24H22N2O5/c1-2-15-31-24(16-3-7-18(8-4-16)25-20(27)11-12-21(25)28)17-5-9-19(10-6-17)26-22(29)13-14-23(26)30/h2-14,24,27-30H,1,15H2. The van der Waals surface area contributed by atoms with E-state index in [-0.39, 0.29) is 29.6 Å². The van der Waals surface area contributed by atoms with Crippen molar-refractivity contribution in [2.75, 3.05) is 6.61 Å². The SMILES string of the molecule is C=CCOC(c1ccc(-n2c(O)ccc2O)cc1)c1ccc(-n2c(O)ccc2O)cc1. The van der Waals surface area contributed by atoms with Crippen molar-refractivity contribution < 1.29 is 25.2 Å². The van der Waals surface area contributed by atoms with Gasteiger partial charge in [0.05, 0.1) is 18.0 Å². The molecule has 0 saturated heterocycles. The summed E-state index contributed by atoms with van der Waals surface area (Å²) in [6.07, 6.45) is 1.28. The molecule has 7 nitrogen and oxygen atoms in total. The van der Waals surface area contributed by atoms with E-state index in [4.69, 9.17) is 4.74 Å². The third-order valence-corrected chi connectivity index (χ3v) is 4.97. The molecule has 0 atom stereocenters. The number of aromatic hydroxyl groups is 4. The predicted octanol–water partition coefficient (Wildman–Crippen LogP) is 4.38. The number of nitrogens with zero attached hydrogens (tertiary/aromatic N) is 2. The molecular weight excluding hydrogens is 396 g/mol. The molecule has 0 aliphatic heterocycles. The largest absolute Gasteiger partial charge is 0.494 e. The van der Waals surface area contributed by atoms with E-state index in [9.17, 15) is 20.4 Å². The van der Waals surface area contributed by atoms with Gasteiger partial charge in [-0.25, -0.2) is 0 Å². The van der Waals surface area contributed by atoms with Gasteiger partial charge in [0.25, 0.3) is 0 Å². The van der Waals surface area contributed by atoms with Gasteiger partial charge in [-0.1, -0.05) is 30.3 Å². The lowest BCUT2D eigenvalue weighted by Crippen LogP contribution is -2.07. The average molecular weight is 418 g/mol. The van der Waals surface area contributed by atoms with Crippen molar-refractivity contribution in [3.8, 4) is 34.9 Å². The van der Waals surface area contributed by atoms with Crippen LogP contribution in [0.3, 0.4) is 0 Å². The van der Waals surface area contributed by atoms with Crippen LogP contribution < -0.4 is 0 Å². The smallest absolute Gasteiger partial charge is 0.198 e. The van der Waals surface area contributed by atoms with Crippen LogP contribution in [-0.2, 0) is 4.74 Å². The van der Waals surface area contributed by atoms with Gasteiger partial charge in [0, 0.05) is 24.3 Å². The summed E-state index contributed by atoms with van der Waals surface area (Å²) >= 11 is 0. The van der Waals surface area contributed by atoms with Gasteiger partial charge in [-0.2, -0.15) is 0 Å². The third kappa shape index (κ3) is 3.86. The molecule has 0 bridgehead atoms. The van der Waals surface area contributed by atoms with Gasteiger partial charge in [-0.3, -0.25) is 9.13 Å². The molecule has 7 heteroatoms. The van der Waals surface area contributed by atoms with Crippen molar-refractivity contribution in [1.29, 1.82) is 0 Å². The Morgan fingerprint density at radius 1 is 0.645 bits per heavy atom. The summed E-state index contributed by atoms with van der Waals surface area (Å²) < 4.78 is 8.65. The quantitative estimate of drug-likeness (QED) is 0.334. The fourth-order valence-corrected chi connectivity index (χ4v) is 3.51. The number of hydrogen-bond acceptors (Lipinski definition) is 5. The molecule has 2 heterocycles. The lowest BCUT2D eigenvalue weighted by molar-refractivity contribution is 0.104. The Hall–Kier alpha value is -4.10. The summed E-state index contributed by atoms with van der Waals surface area (Å²) in [5, 5.41) is 39.7. The average Bonchev–Trinajstić information content (AvgIpc) is 3.29. The van der Waals surface area contributed by atoms with Gasteiger partial charge in [0.1, 0.15) is 6.10 Å². The molecule has 31 heavy (non-hydrogen) atoms. The highest BCUT2D eigenvalue weighted by Gasteiger charge is 2.17. The monoisotopic (exact) mass is 418 g/mol. The van der Waals surface area contributed by atoms with E-state index in [1.807, 2.05) is 24.3 Å². The Bertz CT molecular complexity index is 1060. The number of ether oxygens (including phenoxy) is 1. The van der Waals surface area contributed by atoms with Gasteiger partial charge in [-0.15, -0.1) is 6.58 Å². The van der Waals surface area contributed by atoms with Crippen LogP contribution in [0.25, 0.3) is 11.4 Å². The molecular formula is C24H22N2O5. The number of benzene rings is 2. The molecule has 0 aliphatic carbocycles. The van der Waals surface area contributed by atoms with Crippen LogP contribution in [0.15, 0.2) is 85.5 Å².